The van der Waals surface area contributed by atoms with E-state index in [9.17, 15) is 0 Å². The summed E-state index contributed by atoms with van der Waals surface area (Å²) < 4.78 is 6.80. The third kappa shape index (κ3) is 3.45. The normalized spacial score (nSPS) is 14.5. The Morgan fingerprint density at radius 1 is 1.32 bits per heavy atom. The highest BCUT2D eigenvalue weighted by molar-refractivity contribution is 9.10. The van der Waals surface area contributed by atoms with Crippen LogP contribution in [-0.2, 0) is 10.3 Å². The Kier molecular flexibility index (Phi) is 5.74. The second-order valence-corrected chi connectivity index (χ2v) is 5.81. The molecule has 1 aromatic rings. The van der Waals surface area contributed by atoms with E-state index < -0.39 is 5.60 Å². The van der Waals surface area contributed by atoms with Crippen molar-refractivity contribution < 1.29 is 4.74 Å². The number of hydrogen-bond acceptors (Lipinski definition) is 4. The van der Waals surface area contributed by atoms with Crippen LogP contribution in [-0.4, -0.2) is 23.6 Å². The van der Waals surface area contributed by atoms with Crippen molar-refractivity contribution in [3.8, 4) is 0 Å². The summed E-state index contributed by atoms with van der Waals surface area (Å²) in [5.41, 5.74) is 0.568. The lowest BCUT2D eigenvalue weighted by atomic mass is 10.0. The van der Waals surface area contributed by atoms with E-state index in [1.54, 1.807) is 0 Å². The zero-order valence-electron chi connectivity index (χ0n) is 12.7. The highest BCUT2D eigenvalue weighted by Crippen LogP contribution is 2.33. The average molecular weight is 330 g/mol. The lowest BCUT2D eigenvalue weighted by Crippen LogP contribution is -2.29. The van der Waals surface area contributed by atoms with Gasteiger partial charge < -0.3 is 10.1 Å². The van der Waals surface area contributed by atoms with Crippen LogP contribution in [0.15, 0.2) is 4.47 Å². The van der Waals surface area contributed by atoms with Gasteiger partial charge in [0.2, 0.25) is 0 Å². The molecule has 0 aliphatic rings. The lowest BCUT2D eigenvalue weighted by molar-refractivity contribution is -0.0391. The van der Waals surface area contributed by atoms with Crippen LogP contribution in [0.4, 0.5) is 5.82 Å². The summed E-state index contributed by atoms with van der Waals surface area (Å²) >= 11 is 3.58. The minimum atomic E-state index is -0.440. The smallest absolute Gasteiger partial charge is 0.162 e. The topological polar surface area (TPSA) is 47.0 Å². The molecule has 0 radical (unpaired) electrons. The van der Waals surface area contributed by atoms with Gasteiger partial charge in [0.25, 0.3) is 0 Å². The summed E-state index contributed by atoms with van der Waals surface area (Å²) in [7, 11) is 1.87. The summed E-state index contributed by atoms with van der Waals surface area (Å²) in [6.07, 6.45) is 0.836. The first-order valence-corrected chi connectivity index (χ1v) is 7.58. The van der Waals surface area contributed by atoms with E-state index in [4.69, 9.17) is 9.72 Å². The molecule has 1 rings (SSSR count). The van der Waals surface area contributed by atoms with E-state index in [0.717, 1.165) is 28.2 Å². The largest absolute Gasteiger partial charge is 0.372 e. The molecule has 0 aromatic carbocycles. The molecule has 0 aliphatic carbocycles. The van der Waals surface area contributed by atoms with E-state index in [1.807, 2.05) is 20.9 Å². The van der Waals surface area contributed by atoms with Gasteiger partial charge in [0.15, 0.2) is 5.82 Å². The van der Waals surface area contributed by atoms with Crippen molar-refractivity contribution in [1.82, 2.24) is 9.97 Å². The molecule has 108 valence electrons. The van der Waals surface area contributed by atoms with Crippen LogP contribution >= 0.6 is 15.9 Å². The molecular weight excluding hydrogens is 306 g/mol. The van der Waals surface area contributed by atoms with Crippen molar-refractivity contribution in [3.05, 3.63) is 16.0 Å². The maximum atomic E-state index is 5.87. The van der Waals surface area contributed by atoms with Gasteiger partial charge in [-0.1, -0.05) is 20.8 Å². The molecule has 5 heteroatoms. The van der Waals surface area contributed by atoms with E-state index in [-0.39, 0.29) is 0 Å². The fourth-order valence-corrected chi connectivity index (χ4v) is 2.73. The van der Waals surface area contributed by atoms with Gasteiger partial charge in [-0.25, -0.2) is 9.97 Å². The summed E-state index contributed by atoms with van der Waals surface area (Å²) in [6.45, 7) is 11.0. The van der Waals surface area contributed by atoms with Gasteiger partial charge >= 0.3 is 0 Å². The Labute approximate surface area is 124 Å². The zero-order chi connectivity index (χ0) is 14.6. The first kappa shape index (κ1) is 16.4. The number of anilines is 1. The van der Waals surface area contributed by atoms with Gasteiger partial charge in [-0.3, -0.25) is 0 Å². The van der Waals surface area contributed by atoms with E-state index in [0.29, 0.717) is 12.5 Å². The number of nitrogens with one attached hydrogen (secondary N) is 1. The number of hydrogen-bond donors (Lipinski definition) is 1. The lowest BCUT2D eigenvalue weighted by Gasteiger charge is -2.28. The first-order valence-electron chi connectivity index (χ1n) is 6.79. The number of nitrogens with zero attached hydrogens (tertiary/aromatic N) is 2. The average Bonchev–Trinajstić information content (AvgIpc) is 2.38. The van der Waals surface area contributed by atoms with Gasteiger partial charge in [0, 0.05) is 13.7 Å². The van der Waals surface area contributed by atoms with E-state index in [1.165, 1.54) is 0 Å². The molecule has 0 amide bonds. The molecule has 1 N–H and O–H groups in total. The van der Waals surface area contributed by atoms with Crippen molar-refractivity contribution in [2.24, 2.45) is 0 Å². The standard InChI is InChI=1S/C14H24BrN3O/c1-7-14(5,19-8-2)13-17-11(9(3)4)10(15)12(16-6)18-13/h9H,7-8H2,1-6H3,(H,16,17,18). The Hall–Kier alpha value is -0.680. The molecule has 0 saturated heterocycles. The van der Waals surface area contributed by atoms with Gasteiger partial charge in [0.1, 0.15) is 11.4 Å². The van der Waals surface area contributed by atoms with Crippen LogP contribution in [0.3, 0.4) is 0 Å². The fourth-order valence-electron chi connectivity index (χ4n) is 1.89. The third-order valence-electron chi connectivity index (χ3n) is 3.27. The second-order valence-electron chi connectivity index (χ2n) is 5.02. The maximum Gasteiger partial charge on any atom is 0.162 e. The first-order chi connectivity index (χ1) is 8.89. The van der Waals surface area contributed by atoms with E-state index >= 15 is 0 Å². The van der Waals surface area contributed by atoms with Crippen molar-refractivity contribution in [1.29, 1.82) is 0 Å². The van der Waals surface area contributed by atoms with Crippen LogP contribution < -0.4 is 5.32 Å². The minimum absolute atomic E-state index is 0.325. The summed E-state index contributed by atoms with van der Waals surface area (Å²) in [5, 5.41) is 3.12. The molecule has 1 aromatic heterocycles. The van der Waals surface area contributed by atoms with Gasteiger partial charge in [0.05, 0.1) is 10.2 Å². The third-order valence-corrected chi connectivity index (χ3v) is 4.05. The SMILES string of the molecule is CCOC(C)(CC)c1nc(NC)c(Br)c(C(C)C)n1. The molecule has 1 unspecified atom stereocenters. The molecule has 19 heavy (non-hydrogen) atoms. The van der Waals surface area contributed by atoms with Crippen LogP contribution in [0.1, 0.15) is 58.5 Å². The van der Waals surface area contributed by atoms with Crippen molar-refractivity contribution in [2.45, 2.75) is 52.6 Å². The molecule has 0 spiro atoms. The van der Waals surface area contributed by atoms with Crippen LogP contribution in [0.25, 0.3) is 0 Å². The van der Waals surface area contributed by atoms with Crippen molar-refractivity contribution in [3.63, 3.8) is 0 Å². The van der Waals surface area contributed by atoms with Crippen molar-refractivity contribution in [2.75, 3.05) is 19.0 Å². The van der Waals surface area contributed by atoms with Crippen LogP contribution in [0.2, 0.25) is 0 Å². The Bertz CT molecular complexity index is 437. The zero-order valence-corrected chi connectivity index (χ0v) is 14.3. The molecule has 0 bridgehead atoms. The Balaban J connectivity index is 3.39. The Morgan fingerprint density at radius 2 is 1.95 bits per heavy atom. The number of halogens is 1. The van der Waals surface area contributed by atoms with Gasteiger partial charge in [-0.15, -0.1) is 0 Å². The molecule has 1 heterocycles. The van der Waals surface area contributed by atoms with Crippen LogP contribution in [0, 0.1) is 0 Å². The van der Waals surface area contributed by atoms with Crippen LogP contribution in [0.5, 0.6) is 0 Å². The molecule has 0 aliphatic heterocycles. The summed E-state index contributed by atoms with van der Waals surface area (Å²) in [4.78, 5) is 9.32. The predicted molar refractivity (Wildman–Crippen MR) is 82.6 cm³/mol. The number of aromatic nitrogens is 2. The maximum absolute atomic E-state index is 5.87. The highest BCUT2D eigenvalue weighted by Gasteiger charge is 2.30. The molecule has 4 nitrogen and oxygen atoms in total. The van der Waals surface area contributed by atoms with E-state index in [2.05, 4.69) is 47.0 Å². The summed E-state index contributed by atoms with van der Waals surface area (Å²) in [5.74, 6) is 1.88. The monoisotopic (exact) mass is 329 g/mol. The Morgan fingerprint density at radius 3 is 2.37 bits per heavy atom. The predicted octanol–water partition coefficient (Wildman–Crippen LogP) is 4.07. The van der Waals surface area contributed by atoms with Crippen molar-refractivity contribution >= 4 is 21.7 Å². The molecule has 0 saturated carbocycles. The molecule has 0 fully saturated rings. The molecular formula is C14H24BrN3O. The van der Waals surface area contributed by atoms with Gasteiger partial charge in [-0.05, 0) is 42.1 Å². The highest BCUT2D eigenvalue weighted by atomic mass is 79.9. The quantitative estimate of drug-likeness (QED) is 0.854. The number of rotatable bonds is 6. The minimum Gasteiger partial charge on any atom is -0.372 e. The second kappa shape index (κ2) is 6.66. The van der Waals surface area contributed by atoms with Gasteiger partial charge in [-0.2, -0.15) is 0 Å². The molecule has 1 atom stereocenters. The summed E-state index contributed by atoms with van der Waals surface area (Å²) in [6, 6.07) is 0. The fraction of sp³-hybridized carbons (Fsp3) is 0.714. The number of ether oxygens (including phenoxy) is 1.